The molecule has 0 aliphatic heterocycles. The largest absolute Gasteiger partial charge is 0.411 e. The topological polar surface area (TPSA) is 56.0 Å². The lowest BCUT2D eigenvalue weighted by molar-refractivity contribution is -0.107. The molecule has 0 aliphatic carbocycles. The number of rotatable bonds is 5. The molecule has 4 nitrogen and oxygen atoms in total. The lowest BCUT2D eigenvalue weighted by Gasteiger charge is -1.95. The number of benzene rings is 1. The molecule has 2 aromatic rings. The number of aryl methyl sites for hydroxylation is 1. The Labute approximate surface area is 103 Å². The van der Waals surface area contributed by atoms with Crippen LogP contribution in [-0.4, -0.2) is 22.2 Å². The number of aldehydes is 1. The van der Waals surface area contributed by atoms with Crippen molar-refractivity contribution in [1.29, 1.82) is 0 Å². The van der Waals surface area contributed by atoms with Crippen molar-refractivity contribution in [2.45, 2.75) is 18.6 Å². The average molecular weight is 248 g/mol. The molecular weight excluding hydrogens is 236 g/mol. The number of nitrogens with zero attached hydrogens (tertiary/aromatic N) is 2. The smallest absolute Gasteiger partial charge is 0.276 e. The summed E-state index contributed by atoms with van der Waals surface area (Å²) < 4.78 is 5.50. The molecule has 0 amide bonds. The van der Waals surface area contributed by atoms with Crippen LogP contribution in [0.5, 0.6) is 0 Å². The van der Waals surface area contributed by atoms with Gasteiger partial charge in [-0.25, -0.2) is 0 Å². The predicted molar refractivity (Wildman–Crippen MR) is 65.9 cm³/mol. The van der Waals surface area contributed by atoms with Gasteiger partial charge in [0.25, 0.3) is 5.22 Å². The van der Waals surface area contributed by atoms with Gasteiger partial charge in [-0.1, -0.05) is 29.5 Å². The summed E-state index contributed by atoms with van der Waals surface area (Å²) in [4.78, 5) is 10.2. The molecule has 0 bridgehead atoms. The van der Waals surface area contributed by atoms with Crippen molar-refractivity contribution in [3.05, 3.63) is 29.8 Å². The quantitative estimate of drug-likeness (QED) is 0.462. The second-order valence-electron chi connectivity index (χ2n) is 3.55. The second-order valence-corrected chi connectivity index (χ2v) is 4.59. The Balaban J connectivity index is 2.10. The third-order valence-corrected chi connectivity index (χ3v) is 2.98. The molecule has 0 N–H and O–H groups in total. The fourth-order valence-electron chi connectivity index (χ4n) is 1.36. The summed E-state index contributed by atoms with van der Waals surface area (Å²) in [6.45, 7) is 2.01. The van der Waals surface area contributed by atoms with Crippen LogP contribution < -0.4 is 0 Å². The van der Waals surface area contributed by atoms with Crippen molar-refractivity contribution < 1.29 is 9.21 Å². The minimum Gasteiger partial charge on any atom is -0.411 e. The van der Waals surface area contributed by atoms with Crippen LogP contribution in [0, 0.1) is 6.92 Å². The first-order chi connectivity index (χ1) is 8.29. The van der Waals surface area contributed by atoms with Gasteiger partial charge in [0, 0.05) is 17.7 Å². The highest BCUT2D eigenvalue weighted by atomic mass is 32.2. The third-order valence-electron chi connectivity index (χ3n) is 2.13. The fourth-order valence-corrected chi connectivity index (χ4v) is 1.98. The summed E-state index contributed by atoms with van der Waals surface area (Å²) >= 11 is 1.39. The van der Waals surface area contributed by atoms with Crippen molar-refractivity contribution in [2.24, 2.45) is 0 Å². The number of hydrogen-bond acceptors (Lipinski definition) is 5. The van der Waals surface area contributed by atoms with Crippen LogP contribution in [0.3, 0.4) is 0 Å². The Morgan fingerprint density at radius 3 is 3.06 bits per heavy atom. The van der Waals surface area contributed by atoms with Gasteiger partial charge in [-0.3, -0.25) is 0 Å². The van der Waals surface area contributed by atoms with Crippen LogP contribution >= 0.6 is 11.8 Å². The molecule has 0 atom stereocenters. The molecule has 88 valence electrons. The van der Waals surface area contributed by atoms with Gasteiger partial charge in [-0.2, -0.15) is 0 Å². The molecule has 0 saturated carbocycles. The number of thioether (sulfide) groups is 1. The van der Waals surface area contributed by atoms with Gasteiger partial charge in [0.1, 0.15) is 6.29 Å². The molecule has 0 fully saturated rings. The van der Waals surface area contributed by atoms with Crippen molar-refractivity contribution in [2.75, 3.05) is 5.75 Å². The molecule has 2 rings (SSSR count). The molecule has 17 heavy (non-hydrogen) atoms. The highest BCUT2D eigenvalue weighted by Crippen LogP contribution is 2.23. The Morgan fingerprint density at radius 2 is 2.29 bits per heavy atom. The first-order valence-electron chi connectivity index (χ1n) is 5.26. The van der Waals surface area contributed by atoms with Crippen LogP contribution in [0.4, 0.5) is 0 Å². The summed E-state index contributed by atoms with van der Waals surface area (Å²) in [6, 6.07) is 7.89. The average Bonchev–Trinajstić information content (AvgIpc) is 2.78. The minimum absolute atomic E-state index is 0.493. The lowest BCUT2D eigenvalue weighted by Crippen LogP contribution is -1.80. The standard InChI is InChI=1S/C12H12N2O2S/c1-9-4-2-5-10(8-9)11-13-14-12(16-11)17-7-3-6-15/h2,4-6,8H,3,7H2,1H3. The van der Waals surface area contributed by atoms with Gasteiger partial charge in [-0.05, 0) is 19.1 Å². The van der Waals surface area contributed by atoms with Crippen LogP contribution in [0.1, 0.15) is 12.0 Å². The van der Waals surface area contributed by atoms with Crippen molar-refractivity contribution in [3.8, 4) is 11.5 Å². The van der Waals surface area contributed by atoms with E-state index in [0.717, 1.165) is 17.4 Å². The maximum atomic E-state index is 10.2. The maximum Gasteiger partial charge on any atom is 0.276 e. The first-order valence-corrected chi connectivity index (χ1v) is 6.25. The third kappa shape index (κ3) is 3.17. The van der Waals surface area contributed by atoms with E-state index in [-0.39, 0.29) is 0 Å². The molecule has 0 aliphatic rings. The fraction of sp³-hybridized carbons (Fsp3) is 0.250. The SMILES string of the molecule is Cc1cccc(-c2nnc(SCCC=O)o2)c1. The van der Waals surface area contributed by atoms with Crippen molar-refractivity contribution in [3.63, 3.8) is 0 Å². The molecule has 0 radical (unpaired) electrons. The lowest BCUT2D eigenvalue weighted by atomic mass is 10.1. The van der Waals surface area contributed by atoms with Gasteiger partial charge < -0.3 is 9.21 Å². The Bertz CT molecular complexity index is 511. The number of hydrogen-bond donors (Lipinski definition) is 0. The van der Waals surface area contributed by atoms with E-state index in [1.165, 1.54) is 11.8 Å². The maximum absolute atomic E-state index is 10.2. The highest BCUT2D eigenvalue weighted by Gasteiger charge is 2.08. The Morgan fingerprint density at radius 1 is 1.41 bits per heavy atom. The normalized spacial score (nSPS) is 10.4. The van der Waals surface area contributed by atoms with Gasteiger partial charge in [0.05, 0.1) is 0 Å². The monoisotopic (exact) mass is 248 g/mol. The Kier molecular flexibility index (Phi) is 3.93. The molecule has 1 aromatic heterocycles. The molecule has 1 aromatic carbocycles. The van der Waals surface area contributed by atoms with Crippen LogP contribution in [-0.2, 0) is 4.79 Å². The van der Waals surface area contributed by atoms with Gasteiger partial charge in [0.2, 0.25) is 5.89 Å². The van der Waals surface area contributed by atoms with E-state index in [9.17, 15) is 4.79 Å². The zero-order valence-corrected chi connectivity index (χ0v) is 10.2. The molecule has 0 unspecified atom stereocenters. The van der Waals surface area contributed by atoms with E-state index >= 15 is 0 Å². The van der Waals surface area contributed by atoms with Crippen molar-refractivity contribution >= 4 is 18.0 Å². The van der Waals surface area contributed by atoms with E-state index in [4.69, 9.17) is 4.42 Å². The van der Waals surface area contributed by atoms with E-state index in [1.54, 1.807) is 0 Å². The number of carbonyl (C=O) groups is 1. The predicted octanol–water partition coefficient (Wildman–Crippen LogP) is 2.73. The van der Waals surface area contributed by atoms with E-state index in [1.807, 2.05) is 31.2 Å². The molecule has 1 heterocycles. The zero-order chi connectivity index (χ0) is 12.1. The zero-order valence-electron chi connectivity index (χ0n) is 9.42. The molecular formula is C12H12N2O2S. The van der Waals surface area contributed by atoms with E-state index in [0.29, 0.717) is 23.3 Å². The van der Waals surface area contributed by atoms with Gasteiger partial charge >= 0.3 is 0 Å². The summed E-state index contributed by atoms with van der Waals surface area (Å²) in [5.41, 5.74) is 2.07. The summed E-state index contributed by atoms with van der Waals surface area (Å²) in [5.74, 6) is 1.18. The Hall–Kier alpha value is -1.62. The van der Waals surface area contributed by atoms with Gasteiger partial charge in [0.15, 0.2) is 0 Å². The molecule has 0 saturated heterocycles. The summed E-state index contributed by atoms with van der Waals surface area (Å²) in [7, 11) is 0. The van der Waals surface area contributed by atoms with Crippen LogP contribution in [0.15, 0.2) is 33.9 Å². The second kappa shape index (κ2) is 5.63. The summed E-state index contributed by atoms with van der Waals surface area (Å²) in [6.07, 6.45) is 1.37. The van der Waals surface area contributed by atoms with Gasteiger partial charge in [-0.15, -0.1) is 10.2 Å². The van der Waals surface area contributed by atoms with E-state index < -0.39 is 0 Å². The number of aromatic nitrogens is 2. The minimum atomic E-state index is 0.493. The van der Waals surface area contributed by atoms with Crippen LogP contribution in [0.25, 0.3) is 11.5 Å². The van der Waals surface area contributed by atoms with E-state index in [2.05, 4.69) is 10.2 Å². The van der Waals surface area contributed by atoms with Crippen LogP contribution in [0.2, 0.25) is 0 Å². The first kappa shape index (κ1) is 11.9. The van der Waals surface area contributed by atoms with Crippen molar-refractivity contribution in [1.82, 2.24) is 10.2 Å². The highest BCUT2D eigenvalue weighted by molar-refractivity contribution is 7.99. The number of carbonyl (C=O) groups excluding carboxylic acids is 1. The molecule has 0 spiro atoms. The summed E-state index contributed by atoms with van der Waals surface area (Å²) in [5, 5.41) is 8.41. The molecule has 5 heteroatoms.